The number of carbonyl (C=O) groups excluding carboxylic acids is 1. The minimum atomic E-state index is -0.632. The summed E-state index contributed by atoms with van der Waals surface area (Å²) in [7, 11) is 0. The van der Waals surface area contributed by atoms with Crippen LogP contribution in [0.1, 0.15) is 24.8 Å². The number of benzene rings is 1. The molecule has 0 unspecified atom stereocenters. The number of rotatable bonds is 4. The lowest BCUT2D eigenvalue weighted by molar-refractivity contribution is 0.0730. The summed E-state index contributed by atoms with van der Waals surface area (Å²) in [4.78, 5) is 28.8. The number of halogens is 2. The maximum Gasteiger partial charge on any atom is 0.410 e. The van der Waals surface area contributed by atoms with Gasteiger partial charge in [-0.05, 0) is 43.0 Å². The monoisotopic (exact) mass is 427 g/mol. The quantitative estimate of drug-likeness (QED) is 0.688. The van der Waals surface area contributed by atoms with Crippen molar-refractivity contribution >= 4 is 22.9 Å². The van der Waals surface area contributed by atoms with Gasteiger partial charge in [-0.15, -0.1) is 0 Å². The summed E-state index contributed by atoms with van der Waals surface area (Å²) in [5, 5.41) is 0.977. The topological polar surface area (TPSA) is 74.3 Å². The van der Waals surface area contributed by atoms with Gasteiger partial charge in [-0.2, -0.15) is 0 Å². The van der Waals surface area contributed by atoms with Crippen molar-refractivity contribution in [3.8, 4) is 0 Å². The smallest absolute Gasteiger partial charge is 0.410 e. The summed E-state index contributed by atoms with van der Waals surface area (Å²) >= 11 is 0. The SMILES string of the molecule is O=C(OCCc1cc(F)cc(F)c1)N1CCC[C@@H]2[C@H]1CCN2c1ncnc2[nH]ccc12. The van der Waals surface area contributed by atoms with Crippen LogP contribution in [-0.2, 0) is 11.2 Å². The molecule has 5 rings (SSSR count). The van der Waals surface area contributed by atoms with E-state index < -0.39 is 11.6 Å². The van der Waals surface area contributed by atoms with Gasteiger partial charge in [0.05, 0.1) is 24.1 Å². The van der Waals surface area contributed by atoms with E-state index in [0.29, 0.717) is 12.1 Å². The first-order valence-electron chi connectivity index (χ1n) is 10.5. The maximum atomic E-state index is 13.3. The molecule has 0 aliphatic carbocycles. The van der Waals surface area contributed by atoms with Crippen molar-refractivity contribution in [3.63, 3.8) is 0 Å². The van der Waals surface area contributed by atoms with Gasteiger partial charge < -0.3 is 19.5 Å². The van der Waals surface area contributed by atoms with Crippen LogP contribution in [0.3, 0.4) is 0 Å². The lowest BCUT2D eigenvalue weighted by atomic mass is 9.97. The van der Waals surface area contributed by atoms with Gasteiger partial charge in [0, 0.05) is 31.8 Å². The Kier molecular flexibility index (Phi) is 5.17. The standard InChI is InChI=1S/C22H23F2N5O2/c23-15-10-14(11-16(24)12-15)5-9-31-22(30)29-7-1-2-18-19(29)4-8-28(18)21-17-3-6-25-20(17)26-13-27-21/h3,6,10-13,18-19H,1-2,4-5,7-9H2,(H,25,26,27)/t18-,19-/m1/s1. The molecular formula is C22H23F2N5O2. The van der Waals surface area contributed by atoms with E-state index in [9.17, 15) is 13.6 Å². The number of amides is 1. The number of hydrogen-bond acceptors (Lipinski definition) is 5. The number of ether oxygens (including phenoxy) is 1. The molecule has 4 heterocycles. The molecule has 7 nitrogen and oxygen atoms in total. The molecule has 3 aromatic rings. The predicted molar refractivity (Wildman–Crippen MR) is 111 cm³/mol. The van der Waals surface area contributed by atoms with E-state index >= 15 is 0 Å². The Labute approximate surface area is 178 Å². The van der Waals surface area contributed by atoms with E-state index in [0.717, 1.165) is 48.7 Å². The van der Waals surface area contributed by atoms with Gasteiger partial charge >= 0.3 is 6.09 Å². The summed E-state index contributed by atoms with van der Waals surface area (Å²) in [6.45, 7) is 1.53. The molecule has 0 saturated carbocycles. The van der Waals surface area contributed by atoms with E-state index in [2.05, 4.69) is 19.9 Å². The molecule has 2 aliphatic heterocycles. The Bertz CT molecular complexity index is 1080. The van der Waals surface area contributed by atoms with Crippen molar-refractivity contribution in [2.75, 3.05) is 24.6 Å². The van der Waals surface area contributed by atoms with Gasteiger partial charge in [-0.3, -0.25) is 0 Å². The molecule has 2 fully saturated rings. The zero-order chi connectivity index (χ0) is 21.4. The Balaban J connectivity index is 1.25. The molecule has 31 heavy (non-hydrogen) atoms. The highest BCUT2D eigenvalue weighted by Gasteiger charge is 2.43. The number of aromatic nitrogens is 3. The van der Waals surface area contributed by atoms with Crippen LogP contribution >= 0.6 is 0 Å². The first-order chi connectivity index (χ1) is 15.1. The number of nitrogens with zero attached hydrogens (tertiary/aromatic N) is 4. The fraction of sp³-hybridized carbons (Fsp3) is 0.409. The van der Waals surface area contributed by atoms with Crippen molar-refractivity contribution in [2.24, 2.45) is 0 Å². The van der Waals surface area contributed by atoms with Gasteiger partial charge in [0.25, 0.3) is 0 Å². The number of anilines is 1. The Hall–Kier alpha value is -3.23. The highest BCUT2D eigenvalue weighted by molar-refractivity contribution is 5.87. The van der Waals surface area contributed by atoms with Crippen LogP contribution in [0.4, 0.5) is 19.4 Å². The van der Waals surface area contributed by atoms with Crippen LogP contribution in [0, 0.1) is 11.6 Å². The third-order valence-electron chi connectivity index (χ3n) is 6.19. The normalized spacial score (nSPS) is 20.8. The van der Waals surface area contributed by atoms with Gasteiger partial charge in [0.1, 0.15) is 29.4 Å². The van der Waals surface area contributed by atoms with Crippen LogP contribution in [-0.4, -0.2) is 57.7 Å². The summed E-state index contributed by atoms with van der Waals surface area (Å²) < 4.78 is 32.1. The molecule has 1 amide bonds. The summed E-state index contributed by atoms with van der Waals surface area (Å²) in [6, 6.07) is 5.54. The average Bonchev–Trinajstić information content (AvgIpc) is 3.39. The first-order valence-corrected chi connectivity index (χ1v) is 10.5. The zero-order valence-electron chi connectivity index (χ0n) is 16.9. The van der Waals surface area contributed by atoms with Gasteiger partial charge in [-0.25, -0.2) is 23.5 Å². The number of fused-ring (bicyclic) bond motifs is 2. The summed E-state index contributed by atoms with van der Waals surface area (Å²) in [6.07, 6.45) is 6.00. The lowest BCUT2D eigenvalue weighted by Gasteiger charge is -2.39. The van der Waals surface area contributed by atoms with Gasteiger partial charge in [0.2, 0.25) is 0 Å². The molecular weight excluding hydrogens is 404 g/mol. The lowest BCUT2D eigenvalue weighted by Crippen LogP contribution is -2.52. The summed E-state index contributed by atoms with van der Waals surface area (Å²) in [5.41, 5.74) is 1.27. The Morgan fingerprint density at radius 2 is 1.97 bits per heavy atom. The fourth-order valence-corrected chi connectivity index (χ4v) is 4.86. The molecule has 0 bridgehead atoms. The maximum absolute atomic E-state index is 13.3. The minimum Gasteiger partial charge on any atom is -0.449 e. The van der Waals surface area contributed by atoms with Crippen LogP contribution in [0.5, 0.6) is 0 Å². The van der Waals surface area contributed by atoms with E-state index in [1.54, 1.807) is 11.2 Å². The molecule has 2 aliphatic rings. The van der Waals surface area contributed by atoms with E-state index in [1.807, 2.05) is 12.3 Å². The molecule has 162 valence electrons. The second-order valence-electron chi connectivity index (χ2n) is 8.03. The fourth-order valence-electron chi connectivity index (χ4n) is 4.86. The van der Waals surface area contributed by atoms with Gasteiger partial charge in [0.15, 0.2) is 0 Å². The average molecular weight is 427 g/mol. The molecule has 1 aromatic carbocycles. The predicted octanol–water partition coefficient (Wildman–Crippen LogP) is 3.66. The highest BCUT2D eigenvalue weighted by atomic mass is 19.1. The third kappa shape index (κ3) is 3.80. The van der Waals surface area contributed by atoms with Crippen LogP contribution in [0.25, 0.3) is 11.0 Å². The molecule has 9 heteroatoms. The highest BCUT2D eigenvalue weighted by Crippen LogP contribution is 2.36. The van der Waals surface area contributed by atoms with Gasteiger partial charge in [-0.1, -0.05) is 0 Å². The van der Waals surface area contributed by atoms with E-state index in [4.69, 9.17) is 4.74 Å². The van der Waals surface area contributed by atoms with Crippen LogP contribution in [0.2, 0.25) is 0 Å². The third-order valence-corrected chi connectivity index (χ3v) is 6.19. The van der Waals surface area contributed by atoms with Crippen molar-refractivity contribution in [3.05, 3.63) is 54.0 Å². The summed E-state index contributed by atoms with van der Waals surface area (Å²) in [5.74, 6) is -0.373. The van der Waals surface area contributed by atoms with Crippen molar-refractivity contribution in [1.82, 2.24) is 19.9 Å². The van der Waals surface area contributed by atoms with Crippen molar-refractivity contribution in [1.29, 1.82) is 0 Å². The number of H-pyrrole nitrogens is 1. The van der Waals surface area contributed by atoms with E-state index in [1.165, 1.54) is 12.1 Å². The Morgan fingerprint density at radius 1 is 1.13 bits per heavy atom. The second-order valence-corrected chi connectivity index (χ2v) is 8.03. The minimum absolute atomic E-state index is 0.0526. The first kappa shape index (κ1) is 19.7. The van der Waals surface area contributed by atoms with Crippen molar-refractivity contribution in [2.45, 2.75) is 37.8 Å². The van der Waals surface area contributed by atoms with Crippen LogP contribution in [0.15, 0.2) is 36.8 Å². The zero-order valence-corrected chi connectivity index (χ0v) is 16.9. The molecule has 0 radical (unpaired) electrons. The van der Waals surface area contributed by atoms with Crippen molar-refractivity contribution < 1.29 is 18.3 Å². The van der Waals surface area contributed by atoms with E-state index in [-0.39, 0.29) is 31.2 Å². The Morgan fingerprint density at radius 3 is 2.81 bits per heavy atom. The second kappa shape index (κ2) is 8.13. The number of nitrogens with one attached hydrogen (secondary N) is 1. The number of aromatic amines is 1. The molecule has 1 N–H and O–H groups in total. The molecule has 2 saturated heterocycles. The number of likely N-dealkylation sites (tertiary alicyclic amines) is 1. The number of piperidine rings is 1. The number of hydrogen-bond donors (Lipinski definition) is 1. The van der Waals surface area contributed by atoms with Crippen LogP contribution < -0.4 is 4.90 Å². The molecule has 2 aromatic heterocycles. The number of carbonyl (C=O) groups is 1. The largest absolute Gasteiger partial charge is 0.449 e. The molecule has 0 spiro atoms. The molecule has 2 atom stereocenters.